The van der Waals surface area contributed by atoms with Gasteiger partial charge in [0, 0.05) is 37.1 Å². The van der Waals surface area contributed by atoms with Crippen LogP contribution in [0.1, 0.15) is 55.5 Å². The fraction of sp³-hybridized carbons (Fsp3) is 0.250. The monoisotopic (exact) mass is 414 g/mol. The maximum atomic E-state index is 12.9. The quantitative estimate of drug-likeness (QED) is 0.615. The summed E-state index contributed by atoms with van der Waals surface area (Å²) in [4.78, 5) is 45.2. The molecule has 0 saturated carbocycles. The van der Waals surface area contributed by atoms with E-state index in [9.17, 15) is 14.4 Å². The van der Waals surface area contributed by atoms with Gasteiger partial charge in [-0.25, -0.2) is 4.98 Å². The molecule has 2 aromatic carbocycles. The van der Waals surface area contributed by atoms with Crippen molar-refractivity contribution in [2.24, 2.45) is 0 Å². The number of benzene rings is 2. The van der Waals surface area contributed by atoms with Gasteiger partial charge in [-0.2, -0.15) is 0 Å². The van der Waals surface area contributed by atoms with Crippen LogP contribution in [0.3, 0.4) is 0 Å². The fourth-order valence-electron chi connectivity index (χ4n) is 4.35. The standard InChI is InChI=1S/C24H22N4O3/c29-22(26-12-9-19(10-13-26)27-14-11-25-16-27)18-7-5-17(6-8-18)15-28-23(30)20-3-1-2-4-21(20)24(28)31/h1-8,11,14,16,19H,9-10,12-13,15H2. The van der Waals surface area contributed by atoms with E-state index < -0.39 is 0 Å². The summed E-state index contributed by atoms with van der Waals surface area (Å²) in [6.07, 6.45) is 7.38. The molecule has 0 radical (unpaired) electrons. The summed E-state index contributed by atoms with van der Waals surface area (Å²) in [5.74, 6) is -0.542. The molecule has 1 saturated heterocycles. The number of imide groups is 1. The Hall–Kier alpha value is -3.74. The number of carbonyl (C=O) groups is 3. The Balaban J connectivity index is 1.22. The molecule has 0 N–H and O–H groups in total. The Morgan fingerprint density at radius 1 is 0.935 bits per heavy atom. The summed E-state index contributed by atoms with van der Waals surface area (Å²) in [7, 11) is 0. The molecule has 1 fully saturated rings. The van der Waals surface area contributed by atoms with Crippen molar-refractivity contribution in [2.75, 3.05) is 13.1 Å². The Morgan fingerprint density at radius 2 is 1.58 bits per heavy atom. The van der Waals surface area contributed by atoms with Crippen LogP contribution in [0.25, 0.3) is 0 Å². The topological polar surface area (TPSA) is 75.5 Å². The van der Waals surface area contributed by atoms with Gasteiger partial charge in [-0.15, -0.1) is 0 Å². The van der Waals surface area contributed by atoms with Crippen molar-refractivity contribution in [3.63, 3.8) is 0 Å². The van der Waals surface area contributed by atoms with Gasteiger partial charge in [0.15, 0.2) is 0 Å². The first kappa shape index (κ1) is 19.2. The minimum Gasteiger partial charge on any atom is -0.338 e. The molecule has 0 aliphatic carbocycles. The number of likely N-dealkylation sites (tertiary alicyclic amines) is 1. The van der Waals surface area contributed by atoms with Crippen LogP contribution in [0.15, 0.2) is 67.3 Å². The molecular formula is C24H22N4O3. The molecule has 3 aromatic rings. The van der Waals surface area contributed by atoms with Crippen LogP contribution in [0.5, 0.6) is 0 Å². The Morgan fingerprint density at radius 3 is 2.16 bits per heavy atom. The van der Waals surface area contributed by atoms with E-state index in [0.717, 1.165) is 18.4 Å². The number of aromatic nitrogens is 2. The van der Waals surface area contributed by atoms with Crippen LogP contribution < -0.4 is 0 Å². The number of fused-ring (bicyclic) bond motifs is 1. The summed E-state index contributed by atoms with van der Waals surface area (Å²) in [6.45, 7) is 1.61. The van der Waals surface area contributed by atoms with Crippen molar-refractivity contribution in [1.82, 2.24) is 19.4 Å². The van der Waals surface area contributed by atoms with Crippen molar-refractivity contribution >= 4 is 17.7 Å². The average Bonchev–Trinajstić information content (AvgIpc) is 3.44. The lowest BCUT2D eigenvalue weighted by molar-refractivity contribution is 0.0639. The van der Waals surface area contributed by atoms with Gasteiger partial charge in [0.25, 0.3) is 17.7 Å². The second-order valence-corrected chi connectivity index (χ2v) is 7.97. The van der Waals surface area contributed by atoms with Crippen LogP contribution in [-0.4, -0.2) is 50.2 Å². The van der Waals surface area contributed by atoms with Crippen LogP contribution in [0.2, 0.25) is 0 Å². The highest BCUT2D eigenvalue weighted by atomic mass is 16.2. The first-order chi connectivity index (χ1) is 15.1. The third kappa shape index (κ3) is 3.52. The maximum Gasteiger partial charge on any atom is 0.261 e. The number of nitrogens with zero attached hydrogens (tertiary/aromatic N) is 4. The molecule has 1 aromatic heterocycles. The Labute approximate surface area is 179 Å². The largest absolute Gasteiger partial charge is 0.338 e. The lowest BCUT2D eigenvalue weighted by Crippen LogP contribution is -2.38. The molecule has 31 heavy (non-hydrogen) atoms. The molecule has 0 spiro atoms. The average molecular weight is 414 g/mol. The van der Waals surface area contributed by atoms with Crippen molar-refractivity contribution in [2.45, 2.75) is 25.4 Å². The van der Waals surface area contributed by atoms with E-state index in [1.54, 1.807) is 42.6 Å². The summed E-state index contributed by atoms with van der Waals surface area (Å²) in [5, 5.41) is 0. The SMILES string of the molecule is O=C(c1ccc(CN2C(=O)c3ccccc3C2=O)cc1)N1CCC(n2ccnc2)CC1. The minimum atomic E-state index is -0.276. The van der Waals surface area contributed by atoms with Crippen molar-refractivity contribution in [1.29, 1.82) is 0 Å². The fourth-order valence-corrected chi connectivity index (χ4v) is 4.35. The number of amides is 3. The normalized spacial score (nSPS) is 16.6. The first-order valence-electron chi connectivity index (χ1n) is 10.4. The number of piperidine rings is 1. The summed E-state index contributed by atoms with van der Waals surface area (Å²) >= 11 is 0. The first-order valence-corrected chi connectivity index (χ1v) is 10.4. The highest BCUT2D eigenvalue weighted by molar-refractivity contribution is 6.21. The second-order valence-electron chi connectivity index (χ2n) is 7.97. The summed E-state index contributed by atoms with van der Waals surface area (Å²) < 4.78 is 2.11. The zero-order chi connectivity index (χ0) is 21.4. The van der Waals surface area contributed by atoms with Crippen LogP contribution in [0, 0.1) is 0 Å². The highest BCUT2D eigenvalue weighted by Gasteiger charge is 2.35. The Bertz CT molecular complexity index is 1090. The third-order valence-electron chi connectivity index (χ3n) is 6.12. The molecule has 3 amide bonds. The number of imidazole rings is 1. The molecule has 0 unspecified atom stereocenters. The predicted molar refractivity (Wildman–Crippen MR) is 113 cm³/mol. The van der Waals surface area contributed by atoms with Crippen molar-refractivity contribution in [3.8, 4) is 0 Å². The van der Waals surface area contributed by atoms with Crippen LogP contribution in [-0.2, 0) is 6.54 Å². The van der Waals surface area contributed by atoms with Crippen LogP contribution in [0.4, 0.5) is 0 Å². The molecule has 0 bridgehead atoms. The molecule has 0 atom stereocenters. The van der Waals surface area contributed by atoms with Gasteiger partial charge >= 0.3 is 0 Å². The van der Waals surface area contributed by atoms with Gasteiger partial charge in [-0.1, -0.05) is 24.3 Å². The molecule has 2 aliphatic heterocycles. The molecule has 7 heteroatoms. The van der Waals surface area contributed by atoms with E-state index in [4.69, 9.17) is 0 Å². The van der Waals surface area contributed by atoms with E-state index in [1.807, 2.05) is 29.6 Å². The van der Waals surface area contributed by atoms with Crippen molar-refractivity contribution < 1.29 is 14.4 Å². The van der Waals surface area contributed by atoms with Gasteiger partial charge in [-0.05, 0) is 42.7 Å². The highest BCUT2D eigenvalue weighted by Crippen LogP contribution is 2.25. The number of rotatable bonds is 4. The molecule has 156 valence electrons. The van der Waals surface area contributed by atoms with E-state index in [-0.39, 0.29) is 24.3 Å². The molecule has 5 rings (SSSR count). The van der Waals surface area contributed by atoms with E-state index in [0.29, 0.717) is 35.8 Å². The zero-order valence-electron chi connectivity index (χ0n) is 17.0. The third-order valence-corrected chi connectivity index (χ3v) is 6.12. The lowest BCUT2D eigenvalue weighted by atomic mass is 10.0. The second kappa shape index (κ2) is 7.83. The molecular weight excluding hydrogens is 392 g/mol. The van der Waals surface area contributed by atoms with E-state index in [2.05, 4.69) is 9.55 Å². The zero-order valence-corrected chi connectivity index (χ0v) is 17.0. The van der Waals surface area contributed by atoms with Gasteiger partial charge in [0.05, 0.1) is 24.0 Å². The molecule has 3 heterocycles. The van der Waals surface area contributed by atoms with Gasteiger partial charge in [0.2, 0.25) is 0 Å². The number of hydrogen-bond acceptors (Lipinski definition) is 4. The molecule has 2 aliphatic rings. The summed E-state index contributed by atoms with van der Waals surface area (Å²) in [5.41, 5.74) is 2.31. The maximum absolute atomic E-state index is 12.9. The smallest absolute Gasteiger partial charge is 0.261 e. The molecule has 7 nitrogen and oxygen atoms in total. The van der Waals surface area contributed by atoms with Crippen LogP contribution >= 0.6 is 0 Å². The van der Waals surface area contributed by atoms with E-state index in [1.165, 1.54) is 4.90 Å². The number of hydrogen-bond donors (Lipinski definition) is 0. The number of carbonyl (C=O) groups excluding carboxylic acids is 3. The summed E-state index contributed by atoms with van der Waals surface area (Å²) in [6, 6.07) is 14.4. The predicted octanol–water partition coefficient (Wildman–Crippen LogP) is 3.16. The van der Waals surface area contributed by atoms with E-state index >= 15 is 0 Å². The minimum absolute atomic E-state index is 0.0105. The lowest BCUT2D eigenvalue weighted by Gasteiger charge is -2.32. The van der Waals surface area contributed by atoms with Gasteiger partial charge < -0.3 is 9.47 Å². The van der Waals surface area contributed by atoms with Crippen molar-refractivity contribution in [3.05, 3.63) is 89.5 Å². The Kier molecular flexibility index (Phi) is 4.86. The van der Waals surface area contributed by atoms with Gasteiger partial charge in [0.1, 0.15) is 0 Å². The van der Waals surface area contributed by atoms with Gasteiger partial charge in [-0.3, -0.25) is 19.3 Å².